The van der Waals surface area contributed by atoms with Gasteiger partial charge in [0.1, 0.15) is 5.75 Å². The van der Waals surface area contributed by atoms with Crippen molar-refractivity contribution in [1.82, 2.24) is 10.1 Å². The molecular formula is C16H21N3O3. The molecule has 2 atom stereocenters. The van der Waals surface area contributed by atoms with E-state index < -0.39 is 0 Å². The summed E-state index contributed by atoms with van der Waals surface area (Å²) in [7, 11) is 1.63. The second-order valence-corrected chi connectivity index (χ2v) is 5.18. The topological polar surface area (TPSA) is 94.4 Å². The Morgan fingerprint density at radius 2 is 2.05 bits per heavy atom. The fourth-order valence-electron chi connectivity index (χ4n) is 1.92. The Morgan fingerprint density at radius 3 is 2.68 bits per heavy atom. The second-order valence-electron chi connectivity index (χ2n) is 5.18. The predicted molar refractivity (Wildman–Crippen MR) is 84.1 cm³/mol. The minimum Gasteiger partial charge on any atom is -0.497 e. The highest BCUT2D eigenvalue weighted by molar-refractivity contribution is 5.66. The molecule has 1 aromatic heterocycles. The standard InChI is InChI=1S/C16H21N3O3/c1-11(14(17)10-20)9-15-18-16(22-19-15)8-5-12-3-6-13(21-2)7-4-12/h3-8,11,14,20H,9-10,17H2,1-2H3. The second kappa shape index (κ2) is 7.72. The van der Waals surface area contributed by atoms with E-state index in [-0.39, 0.29) is 18.6 Å². The number of nitrogens with two attached hydrogens (primary N) is 1. The third-order valence-electron chi connectivity index (χ3n) is 3.46. The fraction of sp³-hybridized carbons (Fsp3) is 0.375. The zero-order valence-electron chi connectivity index (χ0n) is 12.8. The van der Waals surface area contributed by atoms with Crippen LogP contribution in [0.5, 0.6) is 5.75 Å². The lowest BCUT2D eigenvalue weighted by Crippen LogP contribution is -2.33. The van der Waals surface area contributed by atoms with Crippen molar-refractivity contribution in [3.05, 3.63) is 41.5 Å². The molecule has 0 saturated carbocycles. The van der Waals surface area contributed by atoms with Gasteiger partial charge in [0.15, 0.2) is 5.82 Å². The number of benzene rings is 1. The van der Waals surface area contributed by atoms with Crippen LogP contribution in [-0.4, -0.2) is 35.0 Å². The van der Waals surface area contributed by atoms with E-state index in [9.17, 15) is 0 Å². The number of aromatic nitrogens is 2. The van der Waals surface area contributed by atoms with E-state index in [0.717, 1.165) is 11.3 Å². The van der Waals surface area contributed by atoms with Crippen LogP contribution >= 0.6 is 0 Å². The van der Waals surface area contributed by atoms with Crippen LogP contribution in [0.2, 0.25) is 0 Å². The van der Waals surface area contributed by atoms with E-state index in [1.807, 2.05) is 37.3 Å². The highest BCUT2D eigenvalue weighted by atomic mass is 16.5. The minimum absolute atomic E-state index is 0.0523. The first-order valence-corrected chi connectivity index (χ1v) is 7.13. The van der Waals surface area contributed by atoms with Crippen molar-refractivity contribution in [1.29, 1.82) is 0 Å². The van der Waals surface area contributed by atoms with E-state index in [2.05, 4.69) is 10.1 Å². The Bertz CT molecular complexity index is 607. The molecule has 3 N–H and O–H groups in total. The molecule has 118 valence electrons. The van der Waals surface area contributed by atoms with Crippen molar-refractivity contribution in [3.8, 4) is 5.75 Å². The van der Waals surface area contributed by atoms with E-state index >= 15 is 0 Å². The van der Waals surface area contributed by atoms with Crippen LogP contribution in [0.1, 0.15) is 24.2 Å². The maximum absolute atomic E-state index is 9.03. The summed E-state index contributed by atoms with van der Waals surface area (Å²) in [6, 6.07) is 7.37. The van der Waals surface area contributed by atoms with Crippen LogP contribution in [0, 0.1) is 5.92 Å². The van der Waals surface area contributed by atoms with E-state index in [1.165, 1.54) is 0 Å². The number of ether oxygens (including phenoxy) is 1. The molecule has 2 rings (SSSR count). The summed E-state index contributed by atoms with van der Waals surface area (Å²) >= 11 is 0. The molecule has 1 aromatic carbocycles. The first-order chi connectivity index (χ1) is 10.6. The first kappa shape index (κ1) is 16.2. The van der Waals surface area contributed by atoms with Crippen LogP contribution in [-0.2, 0) is 6.42 Å². The van der Waals surface area contributed by atoms with Gasteiger partial charge in [0.25, 0.3) is 5.89 Å². The number of hydrogen-bond acceptors (Lipinski definition) is 6. The minimum atomic E-state index is -0.281. The van der Waals surface area contributed by atoms with Crippen LogP contribution in [0.25, 0.3) is 12.2 Å². The quantitative estimate of drug-likeness (QED) is 0.809. The van der Waals surface area contributed by atoms with Gasteiger partial charge < -0.3 is 20.1 Å². The van der Waals surface area contributed by atoms with Crippen molar-refractivity contribution in [2.24, 2.45) is 11.7 Å². The summed E-state index contributed by atoms with van der Waals surface area (Å²) in [6.45, 7) is 1.90. The highest BCUT2D eigenvalue weighted by Crippen LogP contribution is 2.14. The molecule has 0 spiro atoms. The number of aliphatic hydroxyl groups is 1. The molecule has 0 saturated heterocycles. The average molecular weight is 303 g/mol. The maximum atomic E-state index is 9.03. The fourth-order valence-corrected chi connectivity index (χ4v) is 1.92. The lowest BCUT2D eigenvalue weighted by Gasteiger charge is -2.14. The zero-order chi connectivity index (χ0) is 15.9. The Morgan fingerprint density at radius 1 is 1.32 bits per heavy atom. The van der Waals surface area contributed by atoms with Gasteiger partial charge in [-0.05, 0) is 29.7 Å². The lowest BCUT2D eigenvalue weighted by molar-refractivity contribution is 0.230. The van der Waals surface area contributed by atoms with Gasteiger partial charge in [-0.2, -0.15) is 4.98 Å². The normalized spacial score (nSPS) is 14.2. The molecule has 6 nitrogen and oxygen atoms in total. The summed E-state index contributed by atoms with van der Waals surface area (Å²) in [6.07, 6.45) is 4.22. The molecule has 0 aliphatic heterocycles. The molecular weight excluding hydrogens is 282 g/mol. The molecule has 22 heavy (non-hydrogen) atoms. The smallest absolute Gasteiger partial charge is 0.250 e. The molecule has 2 unspecified atom stereocenters. The molecule has 1 heterocycles. The third kappa shape index (κ3) is 4.41. The zero-order valence-corrected chi connectivity index (χ0v) is 12.8. The lowest BCUT2D eigenvalue weighted by atomic mass is 10.00. The molecule has 0 radical (unpaired) electrons. The molecule has 0 bridgehead atoms. The monoisotopic (exact) mass is 303 g/mol. The SMILES string of the molecule is COc1ccc(C=Cc2nc(CC(C)C(N)CO)no2)cc1. The van der Waals surface area contributed by atoms with Gasteiger partial charge in [-0.25, -0.2) is 0 Å². The van der Waals surface area contributed by atoms with Crippen LogP contribution in [0.3, 0.4) is 0 Å². The molecule has 0 amide bonds. The Balaban J connectivity index is 1.97. The highest BCUT2D eigenvalue weighted by Gasteiger charge is 2.15. The van der Waals surface area contributed by atoms with Gasteiger partial charge in [0.2, 0.25) is 0 Å². The molecule has 0 fully saturated rings. The van der Waals surface area contributed by atoms with Gasteiger partial charge >= 0.3 is 0 Å². The largest absolute Gasteiger partial charge is 0.497 e. The average Bonchev–Trinajstić information content (AvgIpc) is 3.00. The van der Waals surface area contributed by atoms with Crippen LogP contribution < -0.4 is 10.5 Å². The Kier molecular flexibility index (Phi) is 5.68. The van der Waals surface area contributed by atoms with Crippen molar-refractivity contribution in [3.63, 3.8) is 0 Å². The van der Waals surface area contributed by atoms with Gasteiger partial charge in [-0.15, -0.1) is 0 Å². The summed E-state index contributed by atoms with van der Waals surface area (Å²) in [4.78, 5) is 4.29. The third-order valence-corrected chi connectivity index (χ3v) is 3.46. The van der Waals surface area contributed by atoms with E-state index in [0.29, 0.717) is 18.1 Å². The molecule has 0 aliphatic carbocycles. The summed E-state index contributed by atoms with van der Waals surface area (Å²) in [5.74, 6) is 1.92. The van der Waals surface area contributed by atoms with Gasteiger partial charge in [0, 0.05) is 18.5 Å². The number of methoxy groups -OCH3 is 1. The van der Waals surface area contributed by atoms with Gasteiger partial charge in [-0.3, -0.25) is 0 Å². The predicted octanol–water partition coefficient (Wildman–Crippen LogP) is 1.75. The molecule has 0 aliphatic rings. The maximum Gasteiger partial charge on any atom is 0.250 e. The van der Waals surface area contributed by atoms with Gasteiger partial charge in [-0.1, -0.05) is 24.2 Å². The van der Waals surface area contributed by atoms with E-state index in [1.54, 1.807) is 13.2 Å². The Labute approximate surface area is 129 Å². The number of rotatable bonds is 7. The Hall–Kier alpha value is -2.18. The molecule has 6 heteroatoms. The van der Waals surface area contributed by atoms with Crippen LogP contribution in [0.15, 0.2) is 28.8 Å². The van der Waals surface area contributed by atoms with Crippen molar-refractivity contribution in [2.45, 2.75) is 19.4 Å². The van der Waals surface area contributed by atoms with Crippen LogP contribution in [0.4, 0.5) is 0 Å². The van der Waals surface area contributed by atoms with Crippen molar-refractivity contribution in [2.75, 3.05) is 13.7 Å². The van der Waals surface area contributed by atoms with Gasteiger partial charge in [0.05, 0.1) is 13.7 Å². The van der Waals surface area contributed by atoms with Crippen molar-refractivity contribution < 1.29 is 14.4 Å². The molecule has 2 aromatic rings. The number of hydrogen-bond donors (Lipinski definition) is 2. The first-order valence-electron chi connectivity index (χ1n) is 7.13. The number of aliphatic hydroxyl groups excluding tert-OH is 1. The summed E-state index contributed by atoms with van der Waals surface area (Å²) < 4.78 is 10.3. The summed E-state index contributed by atoms with van der Waals surface area (Å²) in [5, 5.41) is 12.9. The van der Waals surface area contributed by atoms with E-state index in [4.69, 9.17) is 20.1 Å². The number of nitrogens with zero attached hydrogens (tertiary/aromatic N) is 2. The summed E-state index contributed by atoms with van der Waals surface area (Å²) in [5.41, 5.74) is 6.78. The van der Waals surface area contributed by atoms with Crippen molar-refractivity contribution >= 4 is 12.2 Å².